The molecule has 12 heteroatoms. The highest BCUT2D eigenvalue weighted by molar-refractivity contribution is 5.85. The SMILES string of the molecule is COc1cnc(OCCNC(=O)OCCCF)cc1[C@@H]1c2[nH]c3ccccc3c2C[C@@H](C)N1CC(F)(F)F. The molecule has 38 heavy (non-hydrogen) atoms. The zero-order valence-corrected chi connectivity index (χ0v) is 21.1. The van der Waals surface area contributed by atoms with Crippen molar-refractivity contribution in [3.8, 4) is 11.6 Å². The average Bonchev–Trinajstić information content (AvgIpc) is 3.24. The Labute approximate surface area is 217 Å². The van der Waals surface area contributed by atoms with Crippen molar-refractivity contribution in [2.45, 2.75) is 38.0 Å². The number of halogens is 4. The van der Waals surface area contributed by atoms with Crippen LogP contribution in [0.4, 0.5) is 22.4 Å². The molecular formula is C26H30F4N4O4. The second-order valence-electron chi connectivity index (χ2n) is 9.02. The Morgan fingerprint density at radius 1 is 1.26 bits per heavy atom. The summed E-state index contributed by atoms with van der Waals surface area (Å²) in [6.07, 6.45) is -3.13. The molecule has 0 saturated heterocycles. The van der Waals surface area contributed by atoms with Crippen LogP contribution < -0.4 is 14.8 Å². The molecule has 3 aromatic rings. The monoisotopic (exact) mass is 538 g/mol. The summed E-state index contributed by atoms with van der Waals surface area (Å²) < 4.78 is 69.3. The number of hydrogen-bond donors (Lipinski definition) is 2. The molecule has 8 nitrogen and oxygen atoms in total. The molecule has 3 heterocycles. The second kappa shape index (κ2) is 11.9. The molecule has 0 unspecified atom stereocenters. The van der Waals surface area contributed by atoms with Crippen molar-refractivity contribution in [2.24, 2.45) is 0 Å². The lowest BCUT2D eigenvalue weighted by molar-refractivity contribution is -0.155. The van der Waals surface area contributed by atoms with Gasteiger partial charge in [-0.2, -0.15) is 13.2 Å². The van der Waals surface area contributed by atoms with Gasteiger partial charge in [-0.25, -0.2) is 9.78 Å². The summed E-state index contributed by atoms with van der Waals surface area (Å²) in [4.78, 5) is 20.6. The molecular weight excluding hydrogens is 508 g/mol. The highest BCUT2D eigenvalue weighted by Gasteiger charge is 2.43. The molecule has 206 valence electrons. The standard InChI is InChI=1S/C26H30F4N4O4/c1-16-12-18-17-6-3-4-7-20(17)33-23(18)24(34(16)15-26(28,29)30)19-13-22(32-14-21(19)36-2)37-11-9-31-25(35)38-10-5-8-27/h3-4,6-7,13-14,16,24,33H,5,8-12,15H2,1-2H3,(H,31,35)/t16-,24-/m1/s1. The first-order chi connectivity index (χ1) is 18.2. The molecule has 2 aromatic heterocycles. The number of alkyl carbamates (subject to hydrolysis) is 1. The first-order valence-electron chi connectivity index (χ1n) is 12.3. The minimum Gasteiger partial charge on any atom is -0.495 e. The number of amides is 1. The van der Waals surface area contributed by atoms with Crippen LogP contribution in [0.25, 0.3) is 10.9 Å². The maximum Gasteiger partial charge on any atom is 0.407 e. The Morgan fingerprint density at radius 3 is 2.79 bits per heavy atom. The lowest BCUT2D eigenvalue weighted by atomic mass is 9.88. The van der Waals surface area contributed by atoms with Crippen molar-refractivity contribution in [3.05, 3.63) is 53.3 Å². The molecule has 1 amide bonds. The quantitative estimate of drug-likeness (QED) is 0.281. The predicted octanol–water partition coefficient (Wildman–Crippen LogP) is 4.93. The van der Waals surface area contributed by atoms with Crippen molar-refractivity contribution in [1.82, 2.24) is 20.2 Å². The number of methoxy groups -OCH3 is 1. The third kappa shape index (κ3) is 6.29. The summed E-state index contributed by atoms with van der Waals surface area (Å²) in [5.74, 6) is 0.485. The third-order valence-corrected chi connectivity index (χ3v) is 6.40. The molecule has 0 saturated carbocycles. The van der Waals surface area contributed by atoms with Crippen LogP contribution in [0.1, 0.15) is 36.2 Å². The first kappa shape index (κ1) is 27.5. The normalized spacial score (nSPS) is 17.7. The van der Waals surface area contributed by atoms with Crippen molar-refractivity contribution in [2.75, 3.05) is 40.1 Å². The number of carbonyl (C=O) groups is 1. The fraction of sp³-hybridized carbons (Fsp3) is 0.462. The van der Waals surface area contributed by atoms with Gasteiger partial charge in [-0.15, -0.1) is 0 Å². The fourth-order valence-corrected chi connectivity index (χ4v) is 4.78. The van der Waals surface area contributed by atoms with Crippen molar-refractivity contribution in [3.63, 3.8) is 0 Å². The van der Waals surface area contributed by atoms with E-state index in [4.69, 9.17) is 14.2 Å². The number of hydrogen-bond acceptors (Lipinski definition) is 6. The van der Waals surface area contributed by atoms with Crippen molar-refractivity contribution in [1.29, 1.82) is 0 Å². The van der Waals surface area contributed by atoms with E-state index in [1.54, 1.807) is 13.0 Å². The molecule has 1 aromatic carbocycles. The Kier molecular flexibility index (Phi) is 8.60. The number of nitrogens with zero attached hydrogens (tertiary/aromatic N) is 2. The third-order valence-electron chi connectivity index (χ3n) is 6.40. The van der Waals surface area contributed by atoms with E-state index in [1.807, 2.05) is 24.3 Å². The molecule has 4 rings (SSSR count). The molecule has 0 spiro atoms. The number of nitrogens with one attached hydrogen (secondary N) is 2. The fourth-order valence-electron chi connectivity index (χ4n) is 4.78. The highest BCUT2D eigenvalue weighted by Crippen LogP contribution is 2.44. The summed E-state index contributed by atoms with van der Waals surface area (Å²) in [5, 5.41) is 3.45. The summed E-state index contributed by atoms with van der Waals surface area (Å²) >= 11 is 0. The highest BCUT2D eigenvalue weighted by atomic mass is 19.4. The number of ether oxygens (including phenoxy) is 3. The van der Waals surface area contributed by atoms with Gasteiger partial charge in [0.15, 0.2) is 0 Å². The van der Waals surface area contributed by atoms with Crippen LogP contribution in [0.3, 0.4) is 0 Å². The second-order valence-corrected chi connectivity index (χ2v) is 9.02. The smallest absolute Gasteiger partial charge is 0.407 e. The minimum atomic E-state index is -4.42. The molecule has 2 N–H and O–H groups in total. The topological polar surface area (TPSA) is 88.7 Å². The number of pyridine rings is 1. The number of rotatable bonds is 10. The number of fused-ring (bicyclic) bond motifs is 3. The Morgan fingerprint density at radius 2 is 2.05 bits per heavy atom. The van der Waals surface area contributed by atoms with Gasteiger partial charge in [0.25, 0.3) is 0 Å². The van der Waals surface area contributed by atoms with Crippen molar-refractivity contribution >= 4 is 17.0 Å². The van der Waals surface area contributed by atoms with Gasteiger partial charge in [0, 0.05) is 40.7 Å². The lowest BCUT2D eigenvalue weighted by Gasteiger charge is -2.41. The number of aromatic amines is 1. The number of aromatic nitrogens is 2. The number of benzene rings is 1. The zero-order valence-electron chi connectivity index (χ0n) is 21.1. The van der Waals surface area contributed by atoms with E-state index in [0.29, 0.717) is 23.4 Å². The van der Waals surface area contributed by atoms with Gasteiger partial charge in [-0.1, -0.05) is 18.2 Å². The lowest BCUT2D eigenvalue weighted by Crippen LogP contribution is -2.47. The molecule has 1 aliphatic heterocycles. The zero-order chi connectivity index (χ0) is 27.3. The number of para-hydroxylation sites is 1. The number of H-pyrrole nitrogens is 1. The van der Waals surface area contributed by atoms with Gasteiger partial charge in [0.1, 0.15) is 12.4 Å². The summed E-state index contributed by atoms with van der Waals surface area (Å²) in [6, 6.07) is 8.00. The van der Waals surface area contributed by atoms with E-state index < -0.39 is 37.6 Å². The van der Waals surface area contributed by atoms with Gasteiger partial charge < -0.3 is 24.5 Å². The van der Waals surface area contributed by atoms with Gasteiger partial charge in [-0.3, -0.25) is 9.29 Å². The molecule has 2 atom stereocenters. The van der Waals surface area contributed by atoms with E-state index in [9.17, 15) is 22.4 Å². The maximum absolute atomic E-state index is 13.7. The Bertz CT molecular complexity index is 1250. The average molecular weight is 539 g/mol. The van der Waals surface area contributed by atoms with E-state index in [1.165, 1.54) is 18.2 Å². The van der Waals surface area contributed by atoms with E-state index >= 15 is 0 Å². The summed E-state index contributed by atoms with van der Waals surface area (Å²) in [6.45, 7) is 0.182. The van der Waals surface area contributed by atoms with Gasteiger partial charge in [0.2, 0.25) is 5.88 Å². The van der Waals surface area contributed by atoms with Gasteiger partial charge in [-0.05, 0) is 25.0 Å². The molecule has 0 bridgehead atoms. The molecule has 0 radical (unpaired) electrons. The van der Waals surface area contributed by atoms with Crippen LogP contribution in [0.15, 0.2) is 36.5 Å². The summed E-state index contributed by atoms with van der Waals surface area (Å²) in [7, 11) is 1.44. The molecule has 1 aliphatic rings. The van der Waals surface area contributed by atoms with E-state index in [2.05, 4.69) is 15.3 Å². The van der Waals surface area contributed by atoms with Gasteiger partial charge in [0.05, 0.1) is 45.7 Å². The predicted molar refractivity (Wildman–Crippen MR) is 132 cm³/mol. The van der Waals surface area contributed by atoms with E-state index in [-0.39, 0.29) is 32.1 Å². The van der Waals surface area contributed by atoms with Crippen LogP contribution in [-0.2, 0) is 11.2 Å². The van der Waals surface area contributed by atoms with Crippen LogP contribution in [0.2, 0.25) is 0 Å². The minimum absolute atomic E-state index is 0.0297. The van der Waals surface area contributed by atoms with Crippen molar-refractivity contribution < 1.29 is 36.6 Å². The van der Waals surface area contributed by atoms with E-state index in [0.717, 1.165) is 16.5 Å². The maximum atomic E-state index is 13.7. The van der Waals surface area contributed by atoms with Gasteiger partial charge >= 0.3 is 12.3 Å². The largest absolute Gasteiger partial charge is 0.495 e. The van der Waals surface area contributed by atoms with Crippen LogP contribution in [0.5, 0.6) is 11.6 Å². The number of carbonyl (C=O) groups excluding carboxylic acids is 1. The molecule has 0 fully saturated rings. The Hall–Kier alpha value is -3.54. The van der Waals surface area contributed by atoms with Crippen LogP contribution in [0, 0.1) is 0 Å². The first-order valence-corrected chi connectivity index (χ1v) is 12.3. The van der Waals surface area contributed by atoms with Crippen LogP contribution in [-0.4, -0.2) is 73.3 Å². The summed E-state index contributed by atoms with van der Waals surface area (Å²) in [5.41, 5.74) is 2.95. The Balaban J connectivity index is 1.63. The number of alkyl halides is 4. The molecule has 0 aliphatic carbocycles. The van der Waals surface area contributed by atoms with Crippen LogP contribution >= 0.6 is 0 Å².